The summed E-state index contributed by atoms with van der Waals surface area (Å²) in [6.07, 6.45) is 80.5. The minimum absolute atomic E-state index is 0.0433. The van der Waals surface area contributed by atoms with E-state index in [0.717, 1.165) is 70.6 Å². The molecule has 5 heteroatoms. The van der Waals surface area contributed by atoms with Gasteiger partial charge in [0.15, 0.2) is 6.10 Å². The molecule has 1 atom stereocenters. The second kappa shape index (κ2) is 60.4. The van der Waals surface area contributed by atoms with Crippen molar-refractivity contribution in [3.63, 3.8) is 0 Å². The summed E-state index contributed by atoms with van der Waals surface area (Å²) in [5.41, 5.74) is 0. The molecule has 0 amide bonds. The molecule has 404 valence electrons. The van der Waals surface area contributed by atoms with Crippen molar-refractivity contribution in [2.24, 2.45) is 0 Å². The van der Waals surface area contributed by atoms with Crippen LogP contribution in [0.3, 0.4) is 0 Å². The van der Waals surface area contributed by atoms with E-state index in [0.29, 0.717) is 25.9 Å². The van der Waals surface area contributed by atoms with Gasteiger partial charge >= 0.3 is 11.9 Å². The van der Waals surface area contributed by atoms with E-state index in [4.69, 9.17) is 14.2 Å². The number of carbonyl (C=O) groups excluding carboxylic acids is 2. The fraction of sp³-hybridized carbons (Fsp3) is 0.754. The second-order valence-electron chi connectivity index (χ2n) is 19.9. The van der Waals surface area contributed by atoms with Crippen LogP contribution in [0.2, 0.25) is 0 Å². The summed E-state index contributed by atoms with van der Waals surface area (Å²) >= 11 is 0. The zero-order chi connectivity index (χ0) is 50.6. The summed E-state index contributed by atoms with van der Waals surface area (Å²) in [5, 5.41) is 0. The van der Waals surface area contributed by atoms with Crippen LogP contribution in [0.4, 0.5) is 0 Å². The first-order valence-corrected chi connectivity index (χ1v) is 30.1. The Kier molecular flexibility index (Phi) is 57.9. The lowest BCUT2D eigenvalue weighted by atomic mass is 10.0. The molecule has 0 aromatic carbocycles. The van der Waals surface area contributed by atoms with Crippen LogP contribution in [0.25, 0.3) is 0 Å². The van der Waals surface area contributed by atoms with Crippen molar-refractivity contribution in [3.8, 4) is 0 Å². The van der Waals surface area contributed by atoms with Crippen LogP contribution in [0, 0.1) is 0 Å². The Morgan fingerprint density at radius 1 is 0.329 bits per heavy atom. The Morgan fingerprint density at radius 3 is 1.09 bits per heavy atom. The number of hydrogen-bond donors (Lipinski definition) is 0. The number of ether oxygens (including phenoxy) is 3. The summed E-state index contributed by atoms with van der Waals surface area (Å²) in [4.78, 5) is 25.5. The fourth-order valence-electron chi connectivity index (χ4n) is 8.47. The Bertz CT molecular complexity index is 1290. The molecule has 1 unspecified atom stereocenters. The van der Waals surface area contributed by atoms with Crippen molar-refractivity contribution < 1.29 is 23.8 Å². The molecular formula is C65H114O5. The highest BCUT2D eigenvalue weighted by Gasteiger charge is 2.17. The van der Waals surface area contributed by atoms with E-state index in [-0.39, 0.29) is 25.2 Å². The Hall–Kier alpha value is -2.92. The van der Waals surface area contributed by atoms with Crippen molar-refractivity contribution in [3.05, 3.63) is 85.1 Å². The van der Waals surface area contributed by atoms with Crippen LogP contribution in [0.1, 0.15) is 290 Å². The van der Waals surface area contributed by atoms with Gasteiger partial charge < -0.3 is 14.2 Å². The molecule has 0 saturated heterocycles. The maximum atomic E-state index is 12.9. The highest BCUT2D eigenvalue weighted by molar-refractivity contribution is 5.70. The van der Waals surface area contributed by atoms with Crippen molar-refractivity contribution in [1.29, 1.82) is 0 Å². The second-order valence-corrected chi connectivity index (χ2v) is 19.9. The number of unbranched alkanes of at least 4 members (excludes halogenated alkanes) is 30. The molecule has 0 aliphatic carbocycles. The van der Waals surface area contributed by atoms with Gasteiger partial charge in [-0.25, -0.2) is 0 Å². The smallest absolute Gasteiger partial charge is 0.306 e. The van der Waals surface area contributed by atoms with Crippen LogP contribution >= 0.6 is 0 Å². The van der Waals surface area contributed by atoms with Gasteiger partial charge in [0, 0.05) is 19.4 Å². The quantitative estimate of drug-likeness (QED) is 0.0345. The van der Waals surface area contributed by atoms with Gasteiger partial charge in [0.05, 0.1) is 6.61 Å². The third kappa shape index (κ3) is 57.7. The molecule has 0 aromatic heterocycles. The lowest BCUT2D eigenvalue weighted by molar-refractivity contribution is -0.162. The van der Waals surface area contributed by atoms with E-state index in [9.17, 15) is 9.59 Å². The van der Waals surface area contributed by atoms with Crippen LogP contribution in [-0.2, 0) is 23.8 Å². The standard InChI is InChI=1S/C65H114O5/c1-4-7-10-13-16-19-22-25-28-31-33-35-37-40-43-46-49-52-55-58-64(66)69-62-63(61-68-60-57-54-51-48-45-42-39-36-32-29-26-23-20-17-14-11-8-5-2)70-65(67)59-56-53-50-47-44-41-38-34-30-27-24-21-18-15-12-9-6-3/h7,10,16,19,25,27-28,30,33,35,40,43,49,52,63H,4-6,8-9,11-15,17-18,20-24,26,29,31-32,34,36-39,41-42,44-48,50-51,53-62H2,1-3H3/b10-7-,19-16-,28-25-,30-27-,35-33-,43-40-,52-49-. The maximum absolute atomic E-state index is 12.9. The van der Waals surface area contributed by atoms with Gasteiger partial charge in [-0.2, -0.15) is 0 Å². The minimum Gasteiger partial charge on any atom is -0.462 e. The van der Waals surface area contributed by atoms with Crippen LogP contribution < -0.4 is 0 Å². The van der Waals surface area contributed by atoms with E-state index in [1.165, 1.54) is 180 Å². The molecule has 0 spiro atoms. The van der Waals surface area contributed by atoms with Gasteiger partial charge in [-0.1, -0.05) is 279 Å². The topological polar surface area (TPSA) is 61.8 Å². The molecule has 0 aliphatic rings. The number of esters is 2. The van der Waals surface area contributed by atoms with Gasteiger partial charge in [0.2, 0.25) is 0 Å². The molecule has 0 fully saturated rings. The predicted molar refractivity (Wildman–Crippen MR) is 307 cm³/mol. The highest BCUT2D eigenvalue weighted by Crippen LogP contribution is 2.16. The first-order chi connectivity index (χ1) is 34.6. The minimum atomic E-state index is -0.572. The molecule has 0 aliphatic heterocycles. The molecule has 0 saturated carbocycles. The molecule has 0 N–H and O–H groups in total. The molecule has 0 bridgehead atoms. The largest absolute Gasteiger partial charge is 0.462 e. The van der Waals surface area contributed by atoms with Gasteiger partial charge in [0.25, 0.3) is 0 Å². The monoisotopic (exact) mass is 975 g/mol. The van der Waals surface area contributed by atoms with E-state index in [1.54, 1.807) is 0 Å². The number of carbonyl (C=O) groups is 2. The average Bonchev–Trinajstić information content (AvgIpc) is 3.36. The zero-order valence-electron chi connectivity index (χ0n) is 46.5. The SMILES string of the molecule is CC/C=C\C/C=C\C/C=C\C/C=C\C/C=C\C/C=C\CCC(=O)OCC(COCCCCCCCCCCCCCCCCCCCC)OC(=O)CCCCCCCCC/C=C\CCCCCCCC. The maximum Gasteiger partial charge on any atom is 0.306 e. The van der Waals surface area contributed by atoms with Crippen LogP contribution in [-0.4, -0.2) is 37.9 Å². The number of allylic oxidation sites excluding steroid dienone is 14. The van der Waals surface area contributed by atoms with E-state index >= 15 is 0 Å². The van der Waals surface area contributed by atoms with E-state index in [2.05, 4.69) is 99.8 Å². The zero-order valence-corrected chi connectivity index (χ0v) is 46.5. The summed E-state index contributed by atoms with van der Waals surface area (Å²) in [6.45, 7) is 7.67. The third-order valence-electron chi connectivity index (χ3n) is 12.9. The third-order valence-corrected chi connectivity index (χ3v) is 12.9. The van der Waals surface area contributed by atoms with Gasteiger partial charge in [0.1, 0.15) is 6.61 Å². The summed E-state index contributed by atoms with van der Waals surface area (Å²) in [5.74, 6) is -0.489. The fourth-order valence-corrected chi connectivity index (χ4v) is 8.47. The van der Waals surface area contributed by atoms with Gasteiger partial charge in [-0.3, -0.25) is 9.59 Å². The summed E-state index contributed by atoms with van der Waals surface area (Å²) in [6, 6.07) is 0. The van der Waals surface area contributed by atoms with Crippen LogP contribution in [0.5, 0.6) is 0 Å². The van der Waals surface area contributed by atoms with E-state index in [1.807, 2.05) is 6.08 Å². The lowest BCUT2D eigenvalue weighted by Crippen LogP contribution is -2.30. The lowest BCUT2D eigenvalue weighted by Gasteiger charge is -2.18. The van der Waals surface area contributed by atoms with Crippen molar-refractivity contribution in [2.45, 2.75) is 297 Å². The Morgan fingerprint density at radius 2 is 0.671 bits per heavy atom. The first-order valence-electron chi connectivity index (χ1n) is 30.1. The number of hydrogen-bond acceptors (Lipinski definition) is 5. The van der Waals surface area contributed by atoms with E-state index < -0.39 is 6.10 Å². The van der Waals surface area contributed by atoms with Gasteiger partial charge in [-0.05, 0) is 83.5 Å². The van der Waals surface area contributed by atoms with Crippen molar-refractivity contribution in [1.82, 2.24) is 0 Å². The Labute approximate surface area is 435 Å². The summed E-state index contributed by atoms with van der Waals surface area (Å²) in [7, 11) is 0. The average molecular weight is 976 g/mol. The van der Waals surface area contributed by atoms with Gasteiger partial charge in [-0.15, -0.1) is 0 Å². The predicted octanol–water partition coefficient (Wildman–Crippen LogP) is 20.8. The molecule has 0 rings (SSSR count). The van der Waals surface area contributed by atoms with Crippen molar-refractivity contribution in [2.75, 3.05) is 19.8 Å². The normalized spacial score (nSPS) is 12.8. The molecular weight excluding hydrogens is 861 g/mol. The number of rotatable bonds is 55. The molecule has 0 aromatic rings. The summed E-state index contributed by atoms with van der Waals surface area (Å²) < 4.78 is 17.4. The molecule has 70 heavy (non-hydrogen) atoms. The molecule has 0 radical (unpaired) electrons. The van der Waals surface area contributed by atoms with Crippen molar-refractivity contribution >= 4 is 11.9 Å². The molecule has 0 heterocycles. The van der Waals surface area contributed by atoms with Crippen LogP contribution in [0.15, 0.2) is 85.1 Å². The Balaban J connectivity index is 4.37. The first kappa shape index (κ1) is 67.1. The molecule has 5 nitrogen and oxygen atoms in total. The highest BCUT2D eigenvalue weighted by atomic mass is 16.6.